The summed E-state index contributed by atoms with van der Waals surface area (Å²) in [4.78, 5) is 21.5. The molecule has 14 heavy (non-hydrogen) atoms. The largest absolute Gasteiger partial charge is 0.481 e. The lowest BCUT2D eigenvalue weighted by Gasteiger charge is -2.01. The van der Waals surface area contributed by atoms with Gasteiger partial charge in [0.25, 0.3) is 0 Å². The fourth-order valence-electron chi connectivity index (χ4n) is 1.00. The third kappa shape index (κ3) is 5.35. The third-order valence-corrected chi connectivity index (χ3v) is 1.74. The van der Waals surface area contributed by atoms with Crippen molar-refractivity contribution in [2.24, 2.45) is 0 Å². The maximum Gasteiger partial charge on any atom is 0.333 e. The first kappa shape index (κ1) is 12.7. The minimum atomic E-state index is -1.02. The van der Waals surface area contributed by atoms with Gasteiger partial charge in [-0.05, 0) is 6.42 Å². The van der Waals surface area contributed by atoms with Crippen molar-refractivity contribution in [3.05, 3.63) is 11.6 Å². The molecule has 0 aromatic rings. The molecule has 0 aliphatic carbocycles. The SMILES string of the molecule is CCCCC=C(CC(=O)O)C(=O)OC. The molecular formula is C10H16O4. The second kappa shape index (κ2) is 7.12. The Bertz CT molecular complexity index is 230. The number of carboxylic acid groups (broad SMARTS) is 1. The van der Waals surface area contributed by atoms with Crippen molar-refractivity contribution < 1.29 is 19.4 Å². The van der Waals surface area contributed by atoms with Crippen LogP contribution in [0.4, 0.5) is 0 Å². The number of methoxy groups -OCH3 is 1. The number of esters is 1. The molecule has 0 unspecified atom stereocenters. The minimum Gasteiger partial charge on any atom is -0.481 e. The molecule has 1 N–H and O–H groups in total. The van der Waals surface area contributed by atoms with E-state index in [1.54, 1.807) is 6.08 Å². The Balaban J connectivity index is 4.30. The van der Waals surface area contributed by atoms with Crippen LogP contribution in [0.3, 0.4) is 0 Å². The summed E-state index contributed by atoms with van der Waals surface area (Å²) in [6, 6.07) is 0. The molecule has 0 amide bonds. The standard InChI is InChI=1S/C10H16O4/c1-3-4-5-6-8(7-9(11)12)10(13)14-2/h6H,3-5,7H2,1-2H3,(H,11,12). The first-order chi connectivity index (χ1) is 6.61. The Labute approximate surface area is 83.6 Å². The molecule has 0 radical (unpaired) electrons. The molecule has 80 valence electrons. The van der Waals surface area contributed by atoms with Crippen LogP contribution in [0, 0.1) is 0 Å². The number of allylic oxidation sites excluding steroid dienone is 1. The number of ether oxygens (including phenoxy) is 1. The quantitative estimate of drug-likeness (QED) is 0.403. The number of unbranched alkanes of at least 4 members (excludes halogenated alkanes) is 2. The molecule has 0 spiro atoms. The summed E-state index contributed by atoms with van der Waals surface area (Å²) >= 11 is 0. The van der Waals surface area contributed by atoms with Crippen molar-refractivity contribution >= 4 is 11.9 Å². The van der Waals surface area contributed by atoms with Crippen LogP contribution in [-0.2, 0) is 14.3 Å². The zero-order valence-electron chi connectivity index (χ0n) is 8.58. The molecule has 4 heteroatoms. The van der Waals surface area contributed by atoms with E-state index in [0.29, 0.717) is 6.42 Å². The Morgan fingerprint density at radius 1 is 1.43 bits per heavy atom. The van der Waals surface area contributed by atoms with Crippen LogP contribution in [-0.4, -0.2) is 24.2 Å². The zero-order chi connectivity index (χ0) is 11.0. The van der Waals surface area contributed by atoms with Gasteiger partial charge in [0.2, 0.25) is 0 Å². The number of carbonyl (C=O) groups excluding carboxylic acids is 1. The molecule has 0 aromatic heterocycles. The van der Waals surface area contributed by atoms with Crippen molar-refractivity contribution in [1.82, 2.24) is 0 Å². The summed E-state index contributed by atoms with van der Waals surface area (Å²) in [6.45, 7) is 2.03. The van der Waals surface area contributed by atoms with E-state index >= 15 is 0 Å². The summed E-state index contributed by atoms with van der Waals surface area (Å²) in [5.41, 5.74) is 0.230. The van der Waals surface area contributed by atoms with Gasteiger partial charge in [-0.3, -0.25) is 4.79 Å². The molecule has 0 aliphatic rings. The normalized spacial score (nSPS) is 11.1. The number of aliphatic carboxylic acids is 1. The number of carbonyl (C=O) groups is 2. The van der Waals surface area contributed by atoms with Crippen molar-refractivity contribution in [3.63, 3.8) is 0 Å². The average Bonchev–Trinajstić information content (AvgIpc) is 2.15. The van der Waals surface area contributed by atoms with Crippen LogP contribution in [0.5, 0.6) is 0 Å². The predicted octanol–water partition coefficient (Wildman–Crippen LogP) is 1.75. The van der Waals surface area contributed by atoms with Gasteiger partial charge in [-0.15, -0.1) is 0 Å². The van der Waals surface area contributed by atoms with E-state index in [-0.39, 0.29) is 12.0 Å². The average molecular weight is 200 g/mol. The Morgan fingerprint density at radius 2 is 2.07 bits per heavy atom. The molecule has 0 atom stereocenters. The molecule has 0 saturated heterocycles. The monoisotopic (exact) mass is 200 g/mol. The second-order valence-corrected chi connectivity index (χ2v) is 2.93. The lowest BCUT2D eigenvalue weighted by atomic mass is 10.1. The van der Waals surface area contributed by atoms with Gasteiger partial charge >= 0.3 is 11.9 Å². The highest BCUT2D eigenvalue weighted by Gasteiger charge is 2.12. The van der Waals surface area contributed by atoms with E-state index in [0.717, 1.165) is 12.8 Å². The van der Waals surface area contributed by atoms with Gasteiger partial charge in [0.15, 0.2) is 0 Å². The Morgan fingerprint density at radius 3 is 2.50 bits per heavy atom. The van der Waals surface area contributed by atoms with Crippen LogP contribution >= 0.6 is 0 Å². The maximum absolute atomic E-state index is 11.1. The highest BCUT2D eigenvalue weighted by atomic mass is 16.5. The molecule has 0 aliphatic heterocycles. The van der Waals surface area contributed by atoms with E-state index in [2.05, 4.69) is 4.74 Å². The highest BCUT2D eigenvalue weighted by Crippen LogP contribution is 2.07. The fraction of sp³-hybridized carbons (Fsp3) is 0.600. The van der Waals surface area contributed by atoms with Crippen LogP contribution in [0.25, 0.3) is 0 Å². The summed E-state index contributed by atoms with van der Waals surface area (Å²) in [5, 5.41) is 8.54. The van der Waals surface area contributed by atoms with Gasteiger partial charge in [0, 0.05) is 5.57 Å². The van der Waals surface area contributed by atoms with Crippen LogP contribution in [0.15, 0.2) is 11.6 Å². The molecule has 0 fully saturated rings. The molecule has 0 saturated carbocycles. The number of rotatable bonds is 6. The Kier molecular flexibility index (Phi) is 6.45. The van der Waals surface area contributed by atoms with Crippen LogP contribution in [0.2, 0.25) is 0 Å². The number of hydrogen-bond donors (Lipinski definition) is 1. The summed E-state index contributed by atoms with van der Waals surface area (Å²) < 4.78 is 4.47. The lowest BCUT2D eigenvalue weighted by Crippen LogP contribution is -2.09. The third-order valence-electron chi connectivity index (χ3n) is 1.74. The van der Waals surface area contributed by atoms with E-state index in [4.69, 9.17) is 5.11 Å². The van der Waals surface area contributed by atoms with Gasteiger partial charge in [-0.2, -0.15) is 0 Å². The molecule has 4 nitrogen and oxygen atoms in total. The summed E-state index contributed by atoms with van der Waals surface area (Å²) in [6.07, 6.45) is 4.05. The van der Waals surface area contributed by atoms with E-state index in [1.165, 1.54) is 7.11 Å². The highest BCUT2D eigenvalue weighted by molar-refractivity contribution is 5.93. The van der Waals surface area contributed by atoms with E-state index in [9.17, 15) is 9.59 Å². The van der Waals surface area contributed by atoms with E-state index < -0.39 is 11.9 Å². The number of carboxylic acids is 1. The van der Waals surface area contributed by atoms with Crippen molar-refractivity contribution in [2.75, 3.05) is 7.11 Å². The van der Waals surface area contributed by atoms with Crippen molar-refractivity contribution in [1.29, 1.82) is 0 Å². The lowest BCUT2D eigenvalue weighted by molar-refractivity contribution is -0.141. The minimum absolute atomic E-state index is 0.230. The zero-order valence-corrected chi connectivity index (χ0v) is 8.58. The fourth-order valence-corrected chi connectivity index (χ4v) is 1.00. The van der Waals surface area contributed by atoms with Gasteiger partial charge in [-0.25, -0.2) is 4.79 Å². The molecule has 0 rings (SSSR count). The molecule has 0 heterocycles. The maximum atomic E-state index is 11.1. The first-order valence-electron chi connectivity index (χ1n) is 4.61. The Hall–Kier alpha value is -1.32. The molecule has 0 bridgehead atoms. The van der Waals surface area contributed by atoms with Gasteiger partial charge < -0.3 is 9.84 Å². The summed E-state index contributed by atoms with van der Waals surface area (Å²) in [5.74, 6) is -1.57. The van der Waals surface area contributed by atoms with Crippen molar-refractivity contribution in [3.8, 4) is 0 Å². The van der Waals surface area contributed by atoms with Crippen molar-refractivity contribution in [2.45, 2.75) is 32.6 Å². The second-order valence-electron chi connectivity index (χ2n) is 2.93. The van der Waals surface area contributed by atoms with Crippen LogP contribution < -0.4 is 0 Å². The van der Waals surface area contributed by atoms with Gasteiger partial charge in [0.05, 0.1) is 13.5 Å². The van der Waals surface area contributed by atoms with Gasteiger partial charge in [-0.1, -0.05) is 25.8 Å². The van der Waals surface area contributed by atoms with Crippen LogP contribution in [0.1, 0.15) is 32.6 Å². The number of hydrogen-bond acceptors (Lipinski definition) is 3. The molecule has 0 aromatic carbocycles. The predicted molar refractivity (Wildman–Crippen MR) is 51.9 cm³/mol. The van der Waals surface area contributed by atoms with Gasteiger partial charge in [0.1, 0.15) is 0 Å². The summed E-state index contributed by atoms with van der Waals surface area (Å²) in [7, 11) is 1.25. The van der Waals surface area contributed by atoms with E-state index in [1.807, 2.05) is 6.92 Å². The first-order valence-corrected chi connectivity index (χ1v) is 4.61. The smallest absolute Gasteiger partial charge is 0.333 e. The topological polar surface area (TPSA) is 63.6 Å². The molecular weight excluding hydrogens is 184 g/mol.